The first-order valence-electron chi connectivity index (χ1n) is 6.85. The first kappa shape index (κ1) is 12.9. The lowest BCUT2D eigenvalue weighted by Gasteiger charge is -2.13. The van der Waals surface area contributed by atoms with Crippen LogP contribution in [-0.2, 0) is 20.1 Å². The average Bonchev–Trinajstić information content (AvgIpc) is 3.06. The topological polar surface area (TPSA) is 47.7 Å². The van der Waals surface area contributed by atoms with E-state index in [1.807, 2.05) is 35.1 Å². The minimum Gasteiger partial charge on any atom is -0.330 e. The van der Waals surface area contributed by atoms with Crippen molar-refractivity contribution >= 4 is 11.0 Å². The maximum Gasteiger partial charge on any atom is 0.123 e. The fourth-order valence-electron chi connectivity index (χ4n) is 2.37. The van der Waals surface area contributed by atoms with Gasteiger partial charge in [-0.1, -0.05) is 12.1 Å². The van der Waals surface area contributed by atoms with Crippen LogP contribution in [0.15, 0.2) is 42.7 Å². The van der Waals surface area contributed by atoms with Gasteiger partial charge in [0.1, 0.15) is 5.82 Å². The molecule has 0 saturated carbocycles. The molecule has 1 atom stereocenters. The Hall–Kier alpha value is -2.14. The van der Waals surface area contributed by atoms with Gasteiger partial charge in [0, 0.05) is 25.5 Å². The Labute approximate surface area is 118 Å². The maximum absolute atomic E-state index is 4.66. The number of nitrogens with zero attached hydrogens (tertiary/aromatic N) is 4. The van der Waals surface area contributed by atoms with Crippen molar-refractivity contribution in [3.05, 3.63) is 48.5 Å². The molecular weight excluding hydrogens is 250 g/mol. The summed E-state index contributed by atoms with van der Waals surface area (Å²) in [5, 5.41) is 7.71. The van der Waals surface area contributed by atoms with Gasteiger partial charge in [0.25, 0.3) is 0 Å². The highest BCUT2D eigenvalue weighted by Crippen LogP contribution is 2.14. The lowest BCUT2D eigenvalue weighted by molar-refractivity contribution is 0.443. The summed E-state index contributed by atoms with van der Waals surface area (Å²) in [5.41, 5.74) is 2.22. The van der Waals surface area contributed by atoms with Gasteiger partial charge >= 0.3 is 0 Å². The van der Waals surface area contributed by atoms with E-state index in [1.54, 1.807) is 6.20 Å². The third-order valence-electron chi connectivity index (χ3n) is 3.51. The van der Waals surface area contributed by atoms with Crippen LogP contribution in [0, 0.1) is 0 Å². The summed E-state index contributed by atoms with van der Waals surface area (Å²) < 4.78 is 4.08. The molecule has 3 aromatic rings. The number of nitrogens with one attached hydrogen (secondary N) is 1. The molecule has 5 heteroatoms. The van der Waals surface area contributed by atoms with Gasteiger partial charge in [-0.2, -0.15) is 5.10 Å². The summed E-state index contributed by atoms with van der Waals surface area (Å²) in [6.45, 7) is 3.77. The third-order valence-corrected chi connectivity index (χ3v) is 3.51. The highest BCUT2D eigenvalue weighted by Gasteiger charge is 2.08. The zero-order chi connectivity index (χ0) is 13.9. The zero-order valence-corrected chi connectivity index (χ0v) is 11.8. The van der Waals surface area contributed by atoms with E-state index in [4.69, 9.17) is 0 Å². The number of fused-ring (bicyclic) bond motifs is 1. The predicted molar refractivity (Wildman–Crippen MR) is 79.2 cm³/mol. The Bertz CT molecular complexity index is 683. The Kier molecular flexibility index (Phi) is 3.52. The highest BCUT2D eigenvalue weighted by molar-refractivity contribution is 5.75. The molecule has 0 aliphatic heterocycles. The van der Waals surface area contributed by atoms with Crippen molar-refractivity contribution in [2.45, 2.75) is 26.1 Å². The molecule has 2 aromatic heterocycles. The molecular formula is C15H19N5. The molecule has 0 amide bonds. The minimum absolute atomic E-state index is 0.342. The first-order chi connectivity index (χ1) is 9.74. The van der Waals surface area contributed by atoms with Crippen molar-refractivity contribution in [2.24, 2.45) is 7.05 Å². The summed E-state index contributed by atoms with van der Waals surface area (Å²) >= 11 is 0. The van der Waals surface area contributed by atoms with Crippen LogP contribution in [0.25, 0.3) is 11.0 Å². The Morgan fingerprint density at radius 3 is 2.85 bits per heavy atom. The smallest absolute Gasteiger partial charge is 0.123 e. The Morgan fingerprint density at radius 2 is 2.10 bits per heavy atom. The molecule has 2 heterocycles. The summed E-state index contributed by atoms with van der Waals surface area (Å²) in [6.07, 6.45) is 3.78. The van der Waals surface area contributed by atoms with Crippen LogP contribution in [-0.4, -0.2) is 25.4 Å². The summed E-state index contributed by atoms with van der Waals surface area (Å²) in [5.74, 6) is 1.05. The summed E-state index contributed by atoms with van der Waals surface area (Å²) in [6, 6.07) is 10.5. The van der Waals surface area contributed by atoms with Crippen molar-refractivity contribution < 1.29 is 0 Å². The van der Waals surface area contributed by atoms with Crippen LogP contribution in [0.3, 0.4) is 0 Å². The van der Waals surface area contributed by atoms with Crippen molar-refractivity contribution in [2.75, 3.05) is 0 Å². The molecule has 0 bridgehead atoms. The van der Waals surface area contributed by atoms with E-state index in [1.165, 1.54) is 5.52 Å². The number of hydrogen-bond donors (Lipinski definition) is 1. The lowest BCUT2D eigenvalue weighted by atomic mass is 10.3. The van der Waals surface area contributed by atoms with Gasteiger partial charge in [-0.05, 0) is 25.1 Å². The van der Waals surface area contributed by atoms with Crippen LogP contribution in [0.5, 0.6) is 0 Å². The molecule has 0 radical (unpaired) electrons. The number of rotatable bonds is 5. The van der Waals surface area contributed by atoms with Gasteiger partial charge in [-0.3, -0.25) is 4.68 Å². The molecule has 104 valence electrons. The second kappa shape index (κ2) is 5.46. The fourth-order valence-corrected chi connectivity index (χ4v) is 2.37. The molecule has 0 saturated heterocycles. The summed E-state index contributed by atoms with van der Waals surface area (Å²) in [7, 11) is 2.06. The van der Waals surface area contributed by atoms with Gasteiger partial charge in [0.15, 0.2) is 0 Å². The predicted octanol–water partition coefficient (Wildman–Crippen LogP) is 1.95. The maximum atomic E-state index is 4.66. The number of para-hydroxylation sites is 2. The van der Waals surface area contributed by atoms with Crippen LogP contribution >= 0.6 is 0 Å². The normalized spacial score (nSPS) is 12.9. The second-order valence-electron chi connectivity index (χ2n) is 5.09. The van der Waals surface area contributed by atoms with Gasteiger partial charge in [-0.15, -0.1) is 0 Å². The van der Waals surface area contributed by atoms with Gasteiger partial charge in [0.2, 0.25) is 0 Å². The van der Waals surface area contributed by atoms with E-state index in [0.29, 0.717) is 6.04 Å². The highest BCUT2D eigenvalue weighted by atomic mass is 15.3. The van der Waals surface area contributed by atoms with Gasteiger partial charge in [0.05, 0.1) is 24.1 Å². The fraction of sp³-hybridized carbons (Fsp3) is 0.333. The standard InChI is InChI=1S/C15H19N5/c1-12(11-20-9-5-8-17-20)16-10-15-18-13-6-3-4-7-14(13)19(15)2/h3-9,12,16H,10-11H2,1-2H3/t12-/m1/s1. The molecule has 1 aromatic carbocycles. The van der Waals surface area contributed by atoms with Gasteiger partial charge in [-0.25, -0.2) is 4.98 Å². The molecule has 0 fully saturated rings. The van der Waals surface area contributed by atoms with Crippen LogP contribution in [0.2, 0.25) is 0 Å². The molecule has 3 rings (SSSR count). The Balaban J connectivity index is 1.66. The largest absolute Gasteiger partial charge is 0.330 e. The third kappa shape index (κ3) is 2.58. The molecule has 0 aliphatic carbocycles. The Morgan fingerprint density at radius 1 is 1.25 bits per heavy atom. The van der Waals surface area contributed by atoms with Crippen molar-refractivity contribution in [3.8, 4) is 0 Å². The van der Waals surface area contributed by atoms with Crippen molar-refractivity contribution in [3.63, 3.8) is 0 Å². The van der Waals surface area contributed by atoms with Crippen molar-refractivity contribution in [1.29, 1.82) is 0 Å². The monoisotopic (exact) mass is 269 g/mol. The van der Waals surface area contributed by atoms with Crippen molar-refractivity contribution in [1.82, 2.24) is 24.6 Å². The average molecular weight is 269 g/mol. The number of aryl methyl sites for hydroxylation is 1. The van der Waals surface area contributed by atoms with E-state index in [2.05, 4.69) is 40.0 Å². The molecule has 0 spiro atoms. The van der Waals surface area contributed by atoms with E-state index in [9.17, 15) is 0 Å². The summed E-state index contributed by atoms with van der Waals surface area (Å²) in [4.78, 5) is 4.66. The molecule has 5 nitrogen and oxygen atoms in total. The van der Waals surface area contributed by atoms with E-state index in [-0.39, 0.29) is 0 Å². The number of benzene rings is 1. The first-order valence-corrected chi connectivity index (χ1v) is 6.85. The van der Waals surface area contributed by atoms with E-state index < -0.39 is 0 Å². The van der Waals surface area contributed by atoms with E-state index >= 15 is 0 Å². The molecule has 1 N–H and O–H groups in total. The van der Waals surface area contributed by atoms with Crippen LogP contribution in [0.1, 0.15) is 12.7 Å². The lowest BCUT2D eigenvalue weighted by Crippen LogP contribution is -2.31. The zero-order valence-electron chi connectivity index (χ0n) is 11.8. The number of hydrogen-bond acceptors (Lipinski definition) is 3. The van der Waals surface area contributed by atoms with E-state index in [0.717, 1.165) is 24.4 Å². The van der Waals surface area contributed by atoms with Crippen LogP contribution in [0.4, 0.5) is 0 Å². The molecule has 0 unspecified atom stereocenters. The van der Waals surface area contributed by atoms with Gasteiger partial charge < -0.3 is 9.88 Å². The quantitative estimate of drug-likeness (QED) is 0.770. The van der Waals surface area contributed by atoms with Crippen LogP contribution < -0.4 is 5.32 Å². The molecule has 0 aliphatic rings. The minimum atomic E-state index is 0.342. The second-order valence-corrected chi connectivity index (χ2v) is 5.09. The SMILES string of the molecule is C[C@H](Cn1cccn1)NCc1nc2ccccc2n1C. The number of aromatic nitrogens is 4. The molecule has 20 heavy (non-hydrogen) atoms. The number of imidazole rings is 1.